The van der Waals surface area contributed by atoms with Crippen molar-refractivity contribution < 1.29 is 4.79 Å². The average Bonchev–Trinajstić information content (AvgIpc) is 3.20. The average molecular weight is 392 g/mol. The summed E-state index contributed by atoms with van der Waals surface area (Å²) in [5.41, 5.74) is 0.902. The second-order valence-corrected chi connectivity index (χ2v) is 7.55. The maximum atomic E-state index is 12.4. The number of rotatable bonds is 5. The van der Waals surface area contributed by atoms with Crippen molar-refractivity contribution in [2.75, 3.05) is 0 Å². The van der Waals surface area contributed by atoms with Crippen LogP contribution in [0.15, 0.2) is 54.9 Å². The van der Waals surface area contributed by atoms with E-state index in [1.54, 1.807) is 30.5 Å². The molecule has 0 radical (unpaired) electrons. The molecule has 0 saturated heterocycles. The summed E-state index contributed by atoms with van der Waals surface area (Å²) < 4.78 is 2.56. The van der Waals surface area contributed by atoms with Crippen LogP contribution in [0.3, 0.4) is 0 Å². The standard InChI is InChI=1S/C18H15Cl2N3OS/c1-23-11-10-21-18(23)17(12-2-4-13(19)5-3-12)22-16(24)9-7-14-6-8-15(20)25-14/h2-11,17H,1H3,(H,22,24)/b9-7+. The highest BCUT2D eigenvalue weighted by Gasteiger charge is 2.19. The van der Waals surface area contributed by atoms with E-state index in [4.69, 9.17) is 23.2 Å². The molecular weight excluding hydrogens is 377 g/mol. The number of thiophene rings is 1. The van der Waals surface area contributed by atoms with E-state index in [0.29, 0.717) is 9.36 Å². The number of aryl methyl sites for hydroxylation is 1. The van der Waals surface area contributed by atoms with Crippen LogP contribution in [0.5, 0.6) is 0 Å². The van der Waals surface area contributed by atoms with E-state index in [-0.39, 0.29) is 11.9 Å². The van der Waals surface area contributed by atoms with Crippen LogP contribution in [-0.2, 0) is 11.8 Å². The third-order valence-corrected chi connectivity index (χ3v) is 5.05. The molecule has 0 spiro atoms. The Kier molecular flexibility index (Phi) is 5.58. The van der Waals surface area contributed by atoms with E-state index in [9.17, 15) is 4.79 Å². The topological polar surface area (TPSA) is 46.9 Å². The van der Waals surface area contributed by atoms with Gasteiger partial charge in [0.05, 0.1) is 4.34 Å². The van der Waals surface area contributed by atoms with Gasteiger partial charge < -0.3 is 9.88 Å². The molecule has 0 saturated carbocycles. The van der Waals surface area contributed by atoms with Gasteiger partial charge in [0.25, 0.3) is 0 Å². The van der Waals surface area contributed by atoms with E-state index in [1.807, 2.05) is 36.0 Å². The Hall–Kier alpha value is -2.08. The maximum Gasteiger partial charge on any atom is 0.244 e. The molecule has 1 N–H and O–H groups in total. The number of amides is 1. The van der Waals surface area contributed by atoms with Gasteiger partial charge in [-0.25, -0.2) is 4.98 Å². The number of hydrogen-bond donors (Lipinski definition) is 1. The fraction of sp³-hybridized carbons (Fsp3) is 0.111. The summed E-state index contributed by atoms with van der Waals surface area (Å²) in [4.78, 5) is 17.7. The molecule has 1 aromatic carbocycles. The van der Waals surface area contributed by atoms with Crippen LogP contribution in [0.25, 0.3) is 6.08 Å². The van der Waals surface area contributed by atoms with E-state index in [0.717, 1.165) is 16.3 Å². The van der Waals surface area contributed by atoms with Gasteiger partial charge in [0, 0.05) is 35.4 Å². The van der Waals surface area contributed by atoms with Crippen LogP contribution in [0.4, 0.5) is 0 Å². The molecule has 2 heterocycles. The quantitative estimate of drug-likeness (QED) is 0.640. The van der Waals surface area contributed by atoms with Crippen molar-refractivity contribution in [3.63, 3.8) is 0 Å². The summed E-state index contributed by atoms with van der Waals surface area (Å²) in [6.07, 6.45) is 6.78. The van der Waals surface area contributed by atoms with Gasteiger partial charge in [-0.2, -0.15) is 0 Å². The summed E-state index contributed by atoms with van der Waals surface area (Å²) in [6, 6.07) is 10.6. The highest BCUT2D eigenvalue weighted by Crippen LogP contribution is 2.24. The molecular formula is C18H15Cl2N3OS. The third kappa shape index (κ3) is 4.51. The molecule has 7 heteroatoms. The van der Waals surface area contributed by atoms with E-state index >= 15 is 0 Å². The minimum Gasteiger partial charge on any atom is -0.339 e. The molecule has 4 nitrogen and oxygen atoms in total. The molecule has 0 fully saturated rings. The van der Waals surface area contributed by atoms with Crippen LogP contribution in [0.1, 0.15) is 22.3 Å². The molecule has 0 aliphatic carbocycles. The summed E-state index contributed by atoms with van der Waals surface area (Å²) in [6.45, 7) is 0. The Morgan fingerprint density at radius 3 is 2.60 bits per heavy atom. The SMILES string of the molecule is Cn1ccnc1C(NC(=O)/C=C/c1ccc(Cl)s1)c1ccc(Cl)cc1. The number of carbonyl (C=O) groups excluding carboxylic acids is 1. The van der Waals surface area contributed by atoms with Crippen LogP contribution < -0.4 is 5.32 Å². The van der Waals surface area contributed by atoms with Gasteiger partial charge in [0.2, 0.25) is 5.91 Å². The smallest absolute Gasteiger partial charge is 0.244 e. The van der Waals surface area contributed by atoms with Gasteiger partial charge in [-0.05, 0) is 35.9 Å². The highest BCUT2D eigenvalue weighted by molar-refractivity contribution is 7.17. The minimum atomic E-state index is -0.374. The summed E-state index contributed by atoms with van der Waals surface area (Å²) >= 11 is 13.3. The fourth-order valence-electron chi connectivity index (χ4n) is 2.37. The largest absolute Gasteiger partial charge is 0.339 e. The van der Waals surface area contributed by atoms with Crippen molar-refractivity contribution in [3.05, 3.63) is 80.5 Å². The molecule has 0 aliphatic heterocycles. The zero-order chi connectivity index (χ0) is 17.8. The number of nitrogens with one attached hydrogen (secondary N) is 1. The fourth-order valence-corrected chi connectivity index (χ4v) is 3.46. The van der Waals surface area contributed by atoms with Crippen molar-refractivity contribution in [3.8, 4) is 0 Å². The number of benzene rings is 1. The Labute approximate surface area is 159 Å². The van der Waals surface area contributed by atoms with Gasteiger partial charge in [-0.1, -0.05) is 35.3 Å². The number of halogens is 2. The van der Waals surface area contributed by atoms with E-state index in [2.05, 4.69) is 10.3 Å². The molecule has 128 valence electrons. The predicted octanol–water partition coefficient (Wildman–Crippen LogP) is 4.71. The van der Waals surface area contributed by atoms with E-state index < -0.39 is 0 Å². The number of carbonyl (C=O) groups is 1. The molecule has 3 aromatic rings. The lowest BCUT2D eigenvalue weighted by Gasteiger charge is -2.18. The lowest BCUT2D eigenvalue weighted by Crippen LogP contribution is -2.29. The van der Waals surface area contributed by atoms with Crippen molar-refractivity contribution in [1.29, 1.82) is 0 Å². The lowest BCUT2D eigenvalue weighted by molar-refractivity contribution is -0.117. The molecule has 2 aromatic heterocycles. The first-order chi connectivity index (χ1) is 12.0. The molecule has 25 heavy (non-hydrogen) atoms. The molecule has 1 amide bonds. The van der Waals surface area contributed by atoms with Crippen LogP contribution in [0, 0.1) is 0 Å². The normalized spacial score (nSPS) is 12.4. The van der Waals surface area contributed by atoms with Gasteiger partial charge in [0.1, 0.15) is 11.9 Å². The number of imidazole rings is 1. The van der Waals surface area contributed by atoms with Gasteiger partial charge in [-0.3, -0.25) is 4.79 Å². The second-order valence-electron chi connectivity index (χ2n) is 5.36. The maximum absolute atomic E-state index is 12.4. The number of aromatic nitrogens is 2. The Balaban J connectivity index is 1.82. The number of hydrogen-bond acceptors (Lipinski definition) is 3. The number of nitrogens with zero attached hydrogens (tertiary/aromatic N) is 2. The predicted molar refractivity (Wildman–Crippen MR) is 103 cm³/mol. The van der Waals surface area contributed by atoms with Crippen LogP contribution in [-0.4, -0.2) is 15.5 Å². The minimum absolute atomic E-state index is 0.215. The molecule has 0 aliphatic rings. The first-order valence-corrected chi connectivity index (χ1v) is 9.07. The first kappa shape index (κ1) is 17.7. The van der Waals surface area contributed by atoms with Gasteiger partial charge in [0.15, 0.2) is 0 Å². The first-order valence-electron chi connectivity index (χ1n) is 7.49. The zero-order valence-corrected chi connectivity index (χ0v) is 15.6. The Morgan fingerprint density at radius 2 is 2.00 bits per heavy atom. The lowest BCUT2D eigenvalue weighted by atomic mass is 10.1. The van der Waals surface area contributed by atoms with Crippen molar-refractivity contribution >= 4 is 46.5 Å². The molecule has 0 bridgehead atoms. The highest BCUT2D eigenvalue weighted by atomic mass is 35.5. The van der Waals surface area contributed by atoms with Gasteiger partial charge in [-0.15, -0.1) is 11.3 Å². The third-order valence-electron chi connectivity index (χ3n) is 3.60. The van der Waals surface area contributed by atoms with Crippen LogP contribution in [0.2, 0.25) is 9.36 Å². The summed E-state index contributed by atoms with van der Waals surface area (Å²) in [5, 5.41) is 3.63. The zero-order valence-electron chi connectivity index (χ0n) is 13.3. The van der Waals surface area contributed by atoms with Crippen molar-refractivity contribution in [2.24, 2.45) is 7.05 Å². The van der Waals surface area contributed by atoms with E-state index in [1.165, 1.54) is 17.4 Å². The Bertz CT molecular complexity index is 899. The molecule has 3 rings (SSSR count). The second kappa shape index (κ2) is 7.87. The Morgan fingerprint density at radius 1 is 1.24 bits per heavy atom. The summed E-state index contributed by atoms with van der Waals surface area (Å²) in [7, 11) is 1.89. The summed E-state index contributed by atoms with van der Waals surface area (Å²) in [5.74, 6) is 0.524. The molecule has 1 atom stereocenters. The van der Waals surface area contributed by atoms with Crippen LogP contribution >= 0.6 is 34.5 Å². The van der Waals surface area contributed by atoms with Gasteiger partial charge >= 0.3 is 0 Å². The van der Waals surface area contributed by atoms with Crippen molar-refractivity contribution in [1.82, 2.24) is 14.9 Å². The van der Waals surface area contributed by atoms with Crippen molar-refractivity contribution in [2.45, 2.75) is 6.04 Å². The monoisotopic (exact) mass is 391 g/mol. The molecule has 1 unspecified atom stereocenters.